The Hall–Kier alpha value is -2.70. The van der Waals surface area contributed by atoms with Crippen LogP contribution in [0.15, 0.2) is 42.5 Å². The minimum atomic E-state index is -1.18. The molecule has 4 aliphatic rings. The number of carbonyl (C=O) groups excluding carboxylic acids is 3. The quantitative estimate of drug-likeness (QED) is 0.718. The van der Waals surface area contributed by atoms with E-state index in [0.717, 1.165) is 18.4 Å². The lowest BCUT2D eigenvalue weighted by atomic mass is 9.75. The van der Waals surface area contributed by atoms with Crippen LogP contribution in [0.2, 0.25) is 5.02 Å². The van der Waals surface area contributed by atoms with Crippen molar-refractivity contribution in [3.8, 4) is 0 Å². The maximum absolute atomic E-state index is 13.8. The summed E-state index contributed by atoms with van der Waals surface area (Å²) in [6.45, 7) is 2.64. The first-order chi connectivity index (χ1) is 14.4. The van der Waals surface area contributed by atoms with E-state index < -0.39 is 17.4 Å². The number of benzene rings is 2. The van der Waals surface area contributed by atoms with Crippen molar-refractivity contribution < 1.29 is 14.4 Å². The third-order valence-electron chi connectivity index (χ3n) is 7.25. The van der Waals surface area contributed by atoms with Gasteiger partial charge in [-0.1, -0.05) is 29.3 Å². The van der Waals surface area contributed by atoms with Crippen molar-refractivity contribution >= 4 is 40.7 Å². The summed E-state index contributed by atoms with van der Waals surface area (Å²) in [4.78, 5) is 44.3. The zero-order chi connectivity index (χ0) is 20.8. The molecular weight excluding hydrogens is 402 g/mol. The molecule has 2 aromatic rings. The van der Waals surface area contributed by atoms with Gasteiger partial charge in [0.15, 0.2) is 0 Å². The van der Waals surface area contributed by atoms with E-state index in [1.165, 1.54) is 4.90 Å². The number of rotatable bonds is 1. The van der Waals surface area contributed by atoms with Crippen molar-refractivity contribution in [2.24, 2.45) is 11.8 Å². The Kier molecular flexibility index (Phi) is 3.58. The van der Waals surface area contributed by atoms with Gasteiger partial charge in [-0.3, -0.25) is 19.3 Å². The largest absolute Gasteiger partial charge is 0.324 e. The zero-order valence-electron chi connectivity index (χ0n) is 16.4. The fraction of sp³-hybridized carbons (Fsp3) is 0.348. The molecule has 3 saturated heterocycles. The number of carbonyl (C=O) groups is 3. The van der Waals surface area contributed by atoms with E-state index in [1.807, 2.05) is 19.1 Å². The van der Waals surface area contributed by atoms with Gasteiger partial charge in [0, 0.05) is 22.3 Å². The third kappa shape index (κ3) is 2.01. The molecule has 0 radical (unpaired) electrons. The van der Waals surface area contributed by atoms with Crippen molar-refractivity contribution in [3.63, 3.8) is 0 Å². The van der Waals surface area contributed by atoms with Crippen LogP contribution in [0.1, 0.15) is 24.0 Å². The second-order valence-corrected chi connectivity index (χ2v) is 9.10. The number of halogens is 1. The Labute approximate surface area is 178 Å². The number of fused-ring (bicyclic) bond motifs is 7. The number of amides is 3. The lowest BCUT2D eigenvalue weighted by Gasteiger charge is -2.36. The molecule has 3 amide bonds. The molecule has 1 N–H and O–H groups in total. The van der Waals surface area contributed by atoms with Gasteiger partial charge >= 0.3 is 0 Å². The zero-order valence-corrected chi connectivity index (χ0v) is 17.1. The highest BCUT2D eigenvalue weighted by atomic mass is 35.5. The van der Waals surface area contributed by atoms with E-state index in [-0.39, 0.29) is 23.8 Å². The van der Waals surface area contributed by atoms with E-state index in [4.69, 9.17) is 11.6 Å². The van der Waals surface area contributed by atoms with Crippen molar-refractivity contribution in [2.75, 3.05) is 16.8 Å². The van der Waals surface area contributed by atoms with Gasteiger partial charge < -0.3 is 5.32 Å². The molecule has 0 saturated carbocycles. The Balaban J connectivity index is 1.56. The monoisotopic (exact) mass is 421 g/mol. The maximum atomic E-state index is 13.8. The molecule has 4 heterocycles. The van der Waals surface area contributed by atoms with E-state index in [0.29, 0.717) is 28.5 Å². The summed E-state index contributed by atoms with van der Waals surface area (Å²) in [6, 6.07) is 12.5. The van der Waals surface area contributed by atoms with Gasteiger partial charge in [-0.05, 0) is 56.6 Å². The van der Waals surface area contributed by atoms with Gasteiger partial charge in [0.2, 0.25) is 17.7 Å². The predicted molar refractivity (Wildman–Crippen MR) is 112 cm³/mol. The van der Waals surface area contributed by atoms with Gasteiger partial charge in [-0.2, -0.15) is 0 Å². The van der Waals surface area contributed by atoms with Crippen LogP contribution >= 0.6 is 11.6 Å². The lowest BCUT2D eigenvalue weighted by Crippen LogP contribution is -2.54. The molecule has 0 unspecified atom stereocenters. The van der Waals surface area contributed by atoms with Crippen LogP contribution in [0.3, 0.4) is 0 Å². The van der Waals surface area contributed by atoms with Crippen LogP contribution in [-0.2, 0) is 19.9 Å². The highest BCUT2D eigenvalue weighted by Crippen LogP contribution is 2.60. The molecular formula is C23H20ClN3O3. The fourth-order valence-corrected chi connectivity index (χ4v) is 6.30. The Morgan fingerprint density at radius 1 is 1.07 bits per heavy atom. The van der Waals surface area contributed by atoms with Crippen LogP contribution in [0.5, 0.6) is 0 Å². The average Bonchev–Trinajstić information content (AvgIpc) is 3.42. The molecule has 6 nitrogen and oxygen atoms in total. The SMILES string of the molecule is Cc1ccc(N2C(=O)[C@H]3[C@@H](C2=O)[C@]2(C(=O)Nc4ccc(Cl)cc42)N2CCC[C@@H]32)cc1. The number of nitrogens with zero attached hydrogens (tertiary/aromatic N) is 2. The molecule has 3 fully saturated rings. The van der Waals surface area contributed by atoms with Gasteiger partial charge in [-0.15, -0.1) is 0 Å². The predicted octanol–water partition coefficient (Wildman–Crippen LogP) is 3.08. The standard InChI is InChI=1S/C23H20ClN3O3/c1-12-4-7-14(8-5-12)27-20(28)18-17-3-2-10-26(17)23(19(18)21(27)29)15-11-13(24)6-9-16(15)25-22(23)30/h4-9,11,17-19H,2-3,10H2,1H3,(H,25,30)/t17-,18+,19-,23+/m0/s1. The summed E-state index contributed by atoms with van der Waals surface area (Å²) in [7, 11) is 0. The Bertz CT molecular complexity index is 1130. The van der Waals surface area contributed by atoms with E-state index in [9.17, 15) is 14.4 Å². The number of anilines is 2. The van der Waals surface area contributed by atoms with E-state index in [1.54, 1.807) is 30.3 Å². The molecule has 152 valence electrons. The topological polar surface area (TPSA) is 69.7 Å². The first kappa shape index (κ1) is 18.1. The summed E-state index contributed by atoms with van der Waals surface area (Å²) < 4.78 is 0. The van der Waals surface area contributed by atoms with Crippen molar-refractivity contribution in [2.45, 2.75) is 31.3 Å². The van der Waals surface area contributed by atoms with Crippen LogP contribution in [0, 0.1) is 18.8 Å². The summed E-state index contributed by atoms with van der Waals surface area (Å²) in [5.74, 6) is -2.02. The molecule has 0 aliphatic carbocycles. The van der Waals surface area contributed by atoms with Gasteiger partial charge in [-0.25, -0.2) is 4.90 Å². The lowest BCUT2D eigenvalue weighted by molar-refractivity contribution is -0.135. The summed E-state index contributed by atoms with van der Waals surface area (Å²) in [5, 5.41) is 3.47. The minimum Gasteiger partial charge on any atom is -0.324 e. The highest BCUT2D eigenvalue weighted by Gasteiger charge is 2.74. The molecule has 0 aromatic heterocycles. The summed E-state index contributed by atoms with van der Waals surface area (Å²) >= 11 is 6.30. The first-order valence-electron chi connectivity index (χ1n) is 10.3. The minimum absolute atomic E-state index is 0.127. The maximum Gasteiger partial charge on any atom is 0.250 e. The van der Waals surface area contributed by atoms with Gasteiger partial charge in [0.05, 0.1) is 17.5 Å². The second kappa shape index (κ2) is 5.93. The Morgan fingerprint density at radius 3 is 2.60 bits per heavy atom. The van der Waals surface area contributed by atoms with Crippen molar-refractivity contribution in [1.29, 1.82) is 0 Å². The van der Waals surface area contributed by atoms with Gasteiger partial charge in [0.25, 0.3) is 0 Å². The number of hydrogen-bond donors (Lipinski definition) is 1. The molecule has 30 heavy (non-hydrogen) atoms. The van der Waals surface area contributed by atoms with Crippen molar-refractivity contribution in [3.05, 3.63) is 58.6 Å². The molecule has 4 atom stereocenters. The number of nitrogens with one attached hydrogen (secondary N) is 1. The molecule has 2 aromatic carbocycles. The highest BCUT2D eigenvalue weighted by molar-refractivity contribution is 6.31. The summed E-state index contributed by atoms with van der Waals surface area (Å²) in [5.41, 5.74) is 1.82. The molecule has 4 aliphatic heterocycles. The van der Waals surface area contributed by atoms with Gasteiger partial charge in [0.1, 0.15) is 5.54 Å². The first-order valence-corrected chi connectivity index (χ1v) is 10.6. The smallest absolute Gasteiger partial charge is 0.250 e. The molecule has 6 rings (SSSR count). The molecule has 0 bridgehead atoms. The molecule has 7 heteroatoms. The number of imide groups is 1. The number of hydrogen-bond acceptors (Lipinski definition) is 4. The van der Waals surface area contributed by atoms with Crippen LogP contribution in [0.25, 0.3) is 0 Å². The average molecular weight is 422 g/mol. The van der Waals surface area contributed by atoms with Crippen LogP contribution < -0.4 is 10.2 Å². The number of aryl methyl sites for hydroxylation is 1. The normalized spacial score (nSPS) is 32.0. The van der Waals surface area contributed by atoms with E-state index in [2.05, 4.69) is 10.2 Å². The third-order valence-corrected chi connectivity index (χ3v) is 7.48. The van der Waals surface area contributed by atoms with Crippen molar-refractivity contribution in [1.82, 2.24) is 4.90 Å². The molecule has 1 spiro atoms. The van der Waals surface area contributed by atoms with E-state index >= 15 is 0 Å². The van der Waals surface area contributed by atoms with Crippen LogP contribution in [-0.4, -0.2) is 35.2 Å². The Morgan fingerprint density at radius 2 is 1.83 bits per heavy atom. The summed E-state index contributed by atoms with van der Waals surface area (Å²) in [6.07, 6.45) is 1.69. The fourth-order valence-electron chi connectivity index (χ4n) is 6.12. The second-order valence-electron chi connectivity index (χ2n) is 8.66. The van der Waals surface area contributed by atoms with Crippen LogP contribution in [0.4, 0.5) is 11.4 Å².